The second-order valence-electron chi connectivity index (χ2n) is 6.69. The van der Waals surface area contributed by atoms with E-state index in [9.17, 15) is 4.79 Å². The lowest BCUT2D eigenvalue weighted by molar-refractivity contribution is -0.120. The molecule has 1 aliphatic heterocycles. The van der Waals surface area contributed by atoms with Crippen LogP contribution in [0.1, 0.15) is 5.56 Å². The van der Waals surface area contributed by atoms with Gasteiger partial charge in [-0.3, -0.25) is 9.79 Å². The summed E-state index contributed by atoms with van der Waals surface area (Å²) in [7, 11) is 3.37. The molecule has 154 valence electrons. The van der Waals surface area contributed by atoms with Crippen LogP contribution in [0.5, 0.6) is 5.75 Å². The van der Waals surface area contributed by atoms with Gasteiger partial charge in [0.05, 0.1) is 13.7 Å². The Bertz CT molecular complexity index is 802. The van der Waals surface area contributed by atoms with Crippen LogP contribution in [0, 0.1) is 0 Å². The van der Waals surface area contributed by atoms with Gasteiger partial charge in [-0.1, -0.05) is 18.2 Å². The number of carbonyl (C=O) groups is 1. The molecule has 3 rings (SSSR count). The summed E-state index contributed by atoms with van der Waals surface area (Å²) in [5.41, 5.74) is 1.02. The van der Waals surface area contributed by atoms with Crippen LogP contribution in [0.15, 0.2) is 53.7 Å². The highest BCUT2D eigenvalue weighted by Crippen LogP contribution is 2.13. The Morgan fingerprint density at radius 2 is 1.86 bits per heavy atom. The maximum Gasteiger partial charge on any atom is 0.239 e. The Morgan fingerprint density at radius 1 is 1.10 bits per heavy atom. The van der Waals surface area contributed by atoms with Crippen molar-refractivity contribution in [3.8, 4) is 5.75 Å². The number of piperazine rings is 1. The second-order valence-corrected chi connectivity index (χ2v) is 6.69. The van der Waals surface area contributed by atoms with Crippen LogP contribution >= 0.6 is 0 Å². The van der Waals surface area contributed by atoms with E-state index in [0.29, 0.717) is 6.54 Å². The molecule has 8 nitrogen and oxygen atoms in total. The highest BCUT2D eigenvalue weighted by molar-refractivity contribution is 5.86. The van der Waals surface area contributed by atoms with Crippen LogP contribution in [0.2, 0.25) is 0 Å². The first kappa shape index (κ1) is 20.4. The molecule has 0 spiro atoms. The average Bonchev–Trinajstić information content (AvgIpc) is 2.79. The van der Waals surface area contributed by atoms with Crippen LogP contribution in [-0.4, -0.2) is 68.6 Å². The van der Waals surface area contributed by atoms with E-state index < -0.39 is 0 Å². The predicted molar refractivity (Wildman–Crippen MR) is 114 cm³/mol. The van der Waals surface area contributed by atoms with Gasteiger partial charge in [-0.05, 0) is 29.8 Å². The topological polar surface area (TPSA) is 82.1 Å². The fraction of sp³-hybridized carbons (Fsp3) is 0.381. The molecule has 1 aliphatic rings. The number of nitrogens with zero attached hydrogens (tertiary/aromatic N) is 4. The molecule has 0 bridgehead atoms. The van der Waals surface area contributed by atoms with E-state index in [1.165, 1.54) is 0 Å². The minimum absolute atomic E-state index is 0.0749. The van der Waals surface area contributed by atoms with Crippen LogP contribution in [0.3, 0.4) is 0 Å². The molecular weight excluding hydrogens is 368 g/mol. The molecule has 2 heterocycles. The Hall–Kier alpha value is -3.29. The number of pyridine rings is 1. The van der Waals surface area contributed by atoms with Crippen molar-refractivity contribution in [1.82, 2.24) is 20.5 Å². The SMILES string of the molecule is CN=C(NCC(=O)NCc1ccc(OC)cc1)N1CCN(c2ccccn2)CC1. The lowest BCUT2D eigenvalue weighted by Gasteiger charge is -2.37. The van der Waals surface area contributed by atoms with Crippen molar-refractivity contribution in [2.45, 2.75) is 6.54 Å². The third-order valence-electron chi connectivity index (χ3n) is 4.82. The van der Waals surface area contributed by atoms with E-state index in [2.05, 4.69) is 30.4 Å². The van der Waals surface area contributed by atoms with Crippen molar-refractivity contribution in [3.05, 3.63) is 54.2 Å². The second kappa shape index (κ2) is 10.3. The highest BCUT2D eigenvalue weighted by atomic mass is 16.5. The number of guanidine groups is 1. The molecule has 0 atom stereocenters. The molecule has 1 aromatic carbocycles. The van der Waals surface area contributed by atoms with Gasteiger partial charge in [0, 0.05) is 46.0 Å². The Morgan fingerprint density at radius 3 is 2.48 bits per heavy atom. The minimum atomic E-state index is -0.0749. The highest BCUT2D eigenvalue weighted by Gasteiger charge is 2.20. The third-order valence-corrected chi connectivity index (χ3v) is 4.82. The monoisotopic (exact) mass is 396 g/mol. The van der Waals surface area contributed by atoms with Gasteiger partial charge in [0.15, 0.2) is 5.96 Å². The number of nitrogens with one attached hydrogen (secondary N) is 2. The van der Waals surface area contributed by atoms with Crippen LogP contribution in [-0.2, 0) is 11.3 Å². The normalized spacial score (nSPS) is 14.5. The summed E-state index contributed by atoms with van der Waals surface area (Å²) in [6, 6.07) is 13.6. The Balaban J connectivity index is 1.41. The first-order valence-electron chi connectivity index (χ1n) is 9.71. The Kier molecular flexibility index (Phi) is 7.27. The lowest BCUT2D eigenvalue weighted by Crippen LogP contribution is -2.53. The molecule has 0 radical (unpaired) electrons. The zero-order valence-corrected chi connectivity index (χ0v) is 17.0. The molecule has 2 aromatic rings. The van der Waals surface area contributed by atoms with Crippen LogP contribution < -0.4 is 20.3 Å². The molecule has 1 aromatic heterocycles. The molecule has 0 unspecified atom stereocenters. The standard InChI is InChI=1S/C21H28N6O2/c1-22-21(27-13-11-26(12-14-27)19-5-3-4-10-23-19)25-16-20(28)24-15-17-6-8-18(29-2)9-7-17/h3-10H,11-16H2,1-2H3,(H,22,25)(H,24,28). The van der Waals surface area contributed by atoms with Crippen molar-refractivity contribution in [3.63, 3.8) is 0 Å². The summed E-state index contributed by atoms with van der Waals surface area (Å²) in [5, 5.41) is 6.07. The van der Waals surface area contributed by atoms with Gasteiger partial charge < -0.3 is 25.2 Å². The number of amides is 1. The number of benzene rings is 1. The van der Waals surface area contributed by atoms with E-state index in [0.717, 1.165) is 49.3 Å². The maximum atomic E-state index is 12.2. The molecule has 0 saturated carbocycles. The summed E-state index contributed by atoms with van der Waals surface area (Å²) in [4.78, 5) is 25.3. The first-order chi connectivity index (χ1) is 14.2. The van der Waals surface area contributed by atoms with Gasteiger partial charge in [-0.15, -0.1) is 0 Å². The van der Waals surface area contributed by atoms with Gasteiger partial charge >= 0.3 is 0 Å². The number of rotatable bonds is 6. The number of hydrogen-bond acceptors (Lipinski definition) is 5. The molecule has 29 heavy (non-hydrogen) atoms. The number of anilines is 1. The van der Waals surface area contributed by atoms with Crippen molar-refractivity contribution >= 4 is 17.7 Å². The van der Waals surface area contributed by atoms with Gasteiger partial charge in [0.25, 0.3) is 0 Å². The number of hydrogen-bond donors (Lipinski definition) is 2. The lowest BCUT2D eigenvalue weighted by atomic mass is 10.2. The average molecular weight is 396 g/mol. The number of aliphatic imine (C=N–C) groups is 1. The Labute approximate surface area is 171 Å². The minimum Gasteiger partial charge on any atom is -0.497 e. The van der Waals surface area contributed by atoms with E-state index in [-0.39, 0.29) is 12.5 Å². The van der Waals surface area contributed by atoms with E-state index >= 15 is 0 Å². The number of ether oxygens (including phenoxy) is 1. The zero-order chi connectivity index (χ0) is 20.5. The quantitative estimate of drug-likeness (QED) is 0.562. The molecule has 8 heteroatoms. The zero-order valence-electron chi connectivity index (χ0n) is 17.0. The van der Waals surface area contributed by atoms with E-state index in [4.69, 9.17) is 4.74 Å². The van der Waals surface area contributed by atoms with Crippen molar-refractivity contribution in [2.24, 2.45) is 4.99 Å². The predicted octanol–water partition coefficient (Wildman–Crippen LogP) is 1.10. The summed E-state index contributed by atoms with van der Waals surface area (Å²) < 4.78 is 5.14. The fourth-order valence-electron chi connectivity index (χ4n) is 3.19. The van der Waals surface area contributed by atoms with Gasteiger partial charge in [0.2, 0.25) is 5.91 Å². The first-order valence-corrected chi connectivity index (χ1v) is 9.71. The van der Waals surface area contributed by atoms with Crippen LogP contribution in [0.4, 0.5) is 5.82 Å². The smallest absolute Gasteiger partial charge is 0.239 e. The third kappa shape index (κ3) is 5.84. The molecule has 1 amide bonds. The van der Waals surface area contributed by atoms with Crippen molar-refractivity contribution < 1.29 is 9.53 Å². The number of carbonyl (C=O) groups excluding carboxylic acids is 1. The van der Waals surface area contributed by atoms with E-state index in [1.807, 2.05) is 48.7 Å². The van der Waals surface area contributed by atoms with E-state index in [1.54, 1.807) is 14.2 Å². The number of aromatic nitrogens is 1. The largest absolute Gasteiger partial charge is 0.497 e. The maximum absolute atomic E-state index is 12.2. The molecular formula is C21H28N6O2. The molecule has 1 saturated heterocycles. The summed E-state index contributed by atoms with van der Waals surface area (Å²) in [6.45, 7) is 4.03. The van der Waals surface area contributed by atoms with Crippen molar-refractivity contribution in [2.75, 3.05) is 51.8 Å². The fourth-order valence-corrected chi connectivity index (χ4v) is 3.19. The summed E-state index contributed by atoms with van der Waals surface area (Å²) in [5.74, 6) is 2.46. The van der Waals surface area contributed by atoms with Gasteiger partial charge in [-0.25, -0.2) is 4.98 Å². The number of methoxy groups -OCH3 is 1. The van der Waals surface area contributed by atoms with Crippen LogP contribution in [0.25, 0.3) is 0 Å². The summed E-state index contributed by atoms with van der Waals surface area (Å²) >= 11 is 0. The molecule has 1 fully saturated rings. The molecule has 0 aliphatic carbocycles. The van der Waals surface area contributed by atoms with Gasteiger partial charge in [-0.2, -0.15) is 0 Å². The molecule has 2 N–H and O–H groups in total. The van der Waals surface area contributed by atoms with Crippen molar-refractivity contribution in [1.29, 1.82) is 0 Å². The summed E-state index contributed by atoms with van der Waals surface area (Å²) in [6.07, 6.45) is 1.81. The van der Waals surface area contributed by atoms with Gasteiger partial charge in [0.1, 0.15) is 11.6 Å².